The lowest BCUT2D eigenvalue weighted by molar-refractivity contribution is 0.318. The monoisotopic (exact) mass is 266 g/mol. The first-order valence-corrected chi connectivity index (χ1v) is 6.98. The summed E-state index contributed by atoms with van der Waals surface area (Å²) in [6, 6.07) is 1.87. The highest BCUT2D eigenvalue weighted by molar-refractivity contribution is 8.00. The Morgan fingerprint density at radius 3 is 3.11 bits per heavy atom. The van der Waals surface area contributed by atoms with E-state index < -0.39 is 0 Å². The number of nitrogens with two attached hydrogens (primary N) is 1. The number of thioether (sulfide) groups is 1. The summed E-state index contributed by atoms with van der Waals surface area (Å²) in [4.78, 5) is 6.62. The van der Waals surface area contributed by atoms with Gasteiger partial charge >= 0.3 is 0 Å². The molecular formula is C12H18N4OS. The van der Waals surface area contributed by atoms with Gasteiger partial charge in [0.1, 0.15) is 5.82 Å². The van der Waals surface area contributed by atoms with E-state index in [9.17, 15) is 0 Å². The van der Waals surface area contributed by atoms with Crippen LogP contribution in [0.2, 0.25) is 0 Å². The molecule has 2 heterocycles. The number of oxime groups is 1. The fourth-order valence-corrected chi connectivity index (χ4v) is 3.17. The van der Waals surface area contributed by atoms with Crippen LogP contribution in [0, 0.1) is 6.92 Å². The number of anilines is 1. The van der Waals surface area contributed by atoms with E-state index in [1.165, 1.54) is 0 Å². The van der Waals surface area contributed by atoms with Crippen molar-refractivity contribution in [2.75, 3.05) is 23.7 Å². The molecule has 1 saturated heterocycles. The Morgan fingerprint density at radius 2 is 2.44 bits per heavy atom. The van der Waals surface area contributed by atoms with Gasteiger partial charge in [0.15, 0.2) is 5.84 Å². The summed E-state index contributed by atoms with van der Waals surface area (Å²) in [6.45, 7) is 6.03. The summed E-state index contributed by atoms with van der Waals surface area (Å²) in [7, 11) is 0. The SMILES string of the molecule is Cc1ccnc(N2CCSC(C)C2)c1/C(N)=N/O. The smallest absolute Gasteiger partial charge is 0.174 e. The van der Waals surface area contributed by atoms with E-state index in [0.717, 1.165) is 35.8 Å². The van der Waals surface area contributed by atoms with Gasteiger partial charge < -0.3 is 15.8 Å². The lowest BCUT2D eigenvalue weighted by Gasteiger charge is -2.32. The topological polar surface area (TPSA) is 74.7 Å². The number of nitrogens with zero attached hydrogens (tertiary/aromatic N) is 3. The maximum absolute atomic E-state index is 8.90. The molecule has 1 aliphatic rings. The minimum absolute atomic E-state index is 0.126. The molecule has 18 heavy (non-hydrogen) atoms. The molecule has 0 amide bonds. The Kier molecular flexibility index (Phi) is 3.96. The number of aromatic nitrogens is 1. The van der Waals surface area contributed by atoms with Crippen LogP contribution in [0.4, 0.5) is 5.82 Å². The Labute approximate surface area is 111 Å². The van der Waals surface area contributed by atoms with E-state index in [2.05, 4.69) is 22.0 Å². The quantitative estimate of drug-likeness (QED) is 0.366. The van der Waals surface area contributed by atoms with Crippen molar-refractivity contribution < 1.29 is 5.21 Å². The van der Waals surface area contributed by atoms with Crippen LogP contribution < -0.4 is 10.6 Å². The molecule has 0 aliphatic carbocycles. The van der Waals surface area contributed by atoms with Crippen molar-refractivity contribution in [3.05, 3.63) is 23.4 Å². The molecule has 1 aromatic rings. The second-order valence-electron chi connectivity index (χ2n) is 4.44. The van der Waals surface area contributed by atoms with Crippen LogP contribution in [0.1, 0.15) is 18.1 Å². The van der Waals surface area contributed by atoms with E-state index in [1.807, 2.05) is 24.8 Å². The standard InChI is InChI=1S/C12H18N4OS/c1-8-3-4-14-12(10(8)11(13)15-17)16-5-6-18-9(2)7-16/h3-4,9,17H,5-7H2,1-2H3,(H2,13,15). The average molecular weight is 266 g/mol. The number of hydrogen-bond acceptors (Lipinski definition) is 5. The summed E-state index contributed by atoms with van der Waals surface area (Å²) < 4.78 is 0. The molecule has 0 aromatic carbocycles. The van der Waals surface area contributed by atoms with Crippen molar-refractivity contribution in [2.45, 2.75) is 19.1 Å². The van der Waals surface area contributed by atoms with Gasteiger partial charge in [0.25, 0.3) is 0 Å². The van der Waals surface area contributed by atoms with Crippen LogP contribution in [0.25, 0.3) is 0 Å². The minimum atomic E-state index is 0.126. The zero-order valence-electron chi connectivity index (χ0n) is 10.6. The highest BCUT2D eigenvalue weighted by Gasteiger charge is 2.22. The first-order valence-electron chi connectivity index (χ1n) is 5.93. The zero-order valence-corrected chi connectivity index (χ0v) is 11.4. The average Bonchev–Trinajstić information content (AvgIpc) is 2.37. The molecule has 0 spiro atoms. The molecule has 0 saturated carbocycles. The minimum Gasteiger partial charge on any atom is -0.409 e. The third kappa shape index (κ3) is 2.53. The first-order chi connectivity index (χ1) is 8.63. The molecule has 3 N–H and O–H groups in total. The molecule has 1 atom stereocenters. The molecule has 2 rings (SSSR count). The number of rotatable bonds is 2. The molecule has 0 bridgehead atoms. The Hall–Kier alpha value is -1.43. The number of amidine groups is 1. The van der Waals surface area contributed by atoms with Gasteiger partial charge in [-0.1, -0.05) is 12.1 Å². The Morgan fingerprint density at radius 1 is 1.67 bits per heavy atom. The highest BCUT2D eigenvalue weighted by atomic mass is 32.2. The Balaban J connectivity index is 2.40. The molecule has 1 fully saturated rings. The third-order valence-electron chi connectivity index (χ3n) is 3.04. The van der Waals surface area contributed by atoms with Crippen LogP contribution in [-0.2, 0) is 0 Å². The molecule has 98 valence electrons. The largest absolute Gasteiger partial charge is 0.409 e. The van der Waals surface area contributed by atoms with Crippen LogP contribution in [0.15, 0.2) is 17.4 Å². The summed E-state index contributed by atoms with van der Waals surface area (Å²) in [5, 5.41) is 12.6. The van der Waals surface area contributed by atoms with Crippen LogP contribution in [0.5, 0.6) is 0 Å². The highest BCUT2D eigenvalue weighted by Crippen LogP contribution is 2.26. The van der Waals surface area contributed by atoms with E-state index in [-0.39, 0.29) is 5.84 Å². The summed E-state index contributed by atoms with van der Waals surface area (Å²) in [5.41, 5.74) is 7.47. The molecule has 1 aliphatic heterocycles. The lowest BCUT2D eigenvalue weighted by atomic mass is 10.1. The molecule has 0 radical (unpaired) electrons. The maximum atomic E-state index is 8.90. The Bertz CT molecular complexity index is 463. The van der Waals surface area contributed by atoms with E-state index in [0.29, 0.717) is 5.25 Å². The fraction of sp³-hybridized carbons (Fsp3) is 0.500. The second-order valence-corrected chi connectivity index (χ2v) is 5.99. The van der Waals surface area contributed by atoms with E-state index >= 15 is 0 Å². The van der Waals surface area contributed by atoms with Crippen molar-refractivity contribution in [1.29, 1.82) is 0 Å². The van der Waals surface area contributed by atoms with Crippen molar-refractivity contribution in [2.24, 2.45) is 10.9 Å². The predicted octanol–water partition coefficient (Wildman–Crippen LogP) is 1.43. The van der Waals surface area contributed by atoms with E-state index in [1.54, 1.807) is 6.20 Å². The van der Waals surface area contributed by atoms with Crippen LogP contribution in [-0.4, -0.2) is 40.1 Å². The number of aryl methyl sites for hydroxylation is 1. The normalized spacial score (nSPS) is 21.1. The van der Waals surface area contributed by atoms with Crippen molar-refractivity contribution in [3.8, 4) is 0 Å². The summed E-state index contributed by atoms with van der Waals surface area (Å²) in [5.74, 6) is 2.02. The summed E-state index contributed by atoms with van der Waals surface area (Å²) >= 11 is 1.96. The third-order valence-corrected chi connectivity index (χ3v) is 4.18. The lowest BCUT2D eigenvalue weighted by Crippen LogP contribution is -2.38. The first kappa shape index (κ1) is 13.0. The predicted molar refractivity (Wildman–Crippen MR) is 75.6 cm³/mol. The molecule has 5 nitrogen and oxygen atoms in total. The zero-order chi connectivity index (χ0) is 13.1. The van der Waals surface area contributed by atoms with Gasteiger partial charge in [-0.15, -0.1) is 0 Å². The molecule has 6 heteroatoms. The summed E-state index contributed by atoms with van der Waals surface area (Å²) in [6.07, 6.45) is 1.77. The van der Waals surface area contributed by atoms with Gasteiger partial charge in [0, 0.05) is 30.3 Å². The van der Waals surface area contributed by atoms with Gasteiger partial charge in [-0.25, -0.2) is 4.98 Å². The second kappa shape index (κ2) is 5.48. The number of hydrogen-bond donors (Lipinski definition) is 2. The van der Waals surface area contributed by atoms with Gasteiger partial charge in [0.2, 0.25) is 0 Å². The van der Waals surface area contributed by atoms with Gasteiger partial charge in [0.05, 0.1) is 5.56 Å². The van der Waals surface area contributed by atoms with Gasteiger partial charge in [-0.2, -0.15) is 11.8 Å². The van der Waals surface area contributed by atoms with E-state index in [4.69, 9.17) is 10.9 Å². The van der Waals surface area contributed by atoms with Crippen molar-refractivity contribution >= 4 is 23.4 Å². The maximum Gasteiger partial charge on any atom is 0.174 e. The fourth-order valence-electron chi connectivity index (χ4n) is 2.16. The molecular weight excluding hydrogens is 248 g/mol. The molecule has 1 aromatic heterocycles. The molecule has 1 unspecified atom stereocenters. The van der Waals surface area contributed by atoms with Crippen LogP contribution in [0.3, 0.4) is 0 Å². The van der Waals surface area contributed by atoms with Crippen molar-refractivity contribution in [1.82, 2.24) is 4.98 Å². The number of pyridine rings is 1. The van der Waals surface area contributed by atoms with Crippen molar-refractivity contribution in [3.63, 3.8) is 0 Å². The van der Waals surface area contributed by atoms with Gasteiger partial charge in [-0.3, -0.25) is 0 Å². The van der Waals surface area contributed by atoms with Gasteiger partial charge in [-0.05, 0) is 18.6 Å². The van der Waals surface area contributed by atoms with Crippen LogP contribution >= 0.6 is 11.8 Å².